The number of amides is 2. The first-order valence-electron chi connectivity index (χ1n) is 12.0. The molecule has 2 aromatic rings. The number of hydrogen-bond donors (Lipinski definition) is 0. The van der Waals surface area contributed by atoms with Gasteiger partial charge in [0.05, 0.1) is 10.6 Å². The highest BCUT2D eigenvalue weighted by molar-refractivity contribution is 8.00. The van der Waals surface area contributed by atoms with E-state index in [0.717, 1.165) is 23.3 Å². The van der Waals surface area contributed by atoms with Gasteiger partial charge in [0.15, 0.2) is 0 Å². The van der Waals surface area contributed by atoms with Gasteiger partial charge in [-0.25, -0.2) is 8.42 Å². The molecule has 4 rings (SSSR count). The first-order chi connectivity index (χ1) is 16.6. The van der Waals surface area contributed by atoms with Crippen LogP contribution >= 0.6 is 11.8 Å². The molecule has 0 bridgehead atoms. The maximum atomic E-state index is 13.4. The lowest BCUT2D eigenvalue weighted by Gasteiger charge is -2.30. The van der Waals surface area contributed by atoms with Crippen LogP contribution in [0.1, 0.15) is 38.7 Å². The van der Waals surface area contributed by atoms with Crippen molar-refractivity contribution in [1.82, 2.24) is 9.21 Å². The lowest BCUT2D eigenvalue weighted by Crippen LogP contribution is -2.42. The topological polar surface area (TPSA) is 78.0 Å². The molecular weight excluding hydrogens is 482 g/mol. The molecule has 2 heterocycles. The van der Waals surface area contributed by atoms with Crippen molar-refractivity contribution in [3.8, 4) is 0 Å². The number of likely N-dealkylation sites (N-methyl/N-ethyl adjacent to an activating group) is 1. The maximum Gasteiger partial charge on any atom is 0.243 e. The molecular formula is C26H33N3O4S2. The third-order valence-electron chi connectivity index (χ3n) is 6.67. The quantitative estimate of drug-likeness (QED) is 0.582. The number of carbonyl (C=O) groups is 2. The summed E-state index contributed by atoms with van der Waals surface area (Å²) in [5.74, 6) is 0.135. The van der Waals surface area contributed by atoms with Gasteiger partial charge in [0.25, 0.3) is 0 Å². The van der Waals surface area contributed by atoms with Gasteiger partial charge in [-0.3, -0.25) is 9.59 Å². The molecule has 0 saturated carbocycles. The third-order valence-corrected chi connectivity index (χ3v) is 9.74. The van der Waals surface area contributed by atoms with Crippen LogP contribution in [-0.2, 0) is 26.2 Å². The summed E-state index contributed by atoms with van der Waals surface area (Å²) >= 11 is 1.54. The predicted octanol–water partition coefficient (Wildman–Crippen LogP) is 3.98. The molecule has 7 nitrogen and oxygen atoms in total. The first kappa shape index (κ1) is 25.7. The van der Waals surface area contributed by atoms with Crippen LogP contribution in [0.5, 0.6) is 0 Å². The lowest BCUT2D eigenvalue weighted by atomic mass is 10.0. The molecule has 1 atom stereocenters. The number of sulfonamides is 1. The number of carbonyl (C=O) groups excluding carboxylic acids is 2. The zero-order valence-electron chi connectivity index (χ0n) is 20.5. The maximum absolute atomic E-state index is 13.4. The second-order valence-electron chi connectivity index (χ2n) is 9.56. The number of nitrogens with zero attached hydrogens (tertiary/aromatic N) is 3. The van der Waals surface area contributed by atoms with E-state index in [-0.39, 0.29) is 34.9 Å². The highest BCUT2D eigenvalue weighted by Gasteiger charge is 2.33. The average Bonchev–Trinajstić information content (AvgIpc) is 2.94. The van der Waals surface area contributed by atoms with E-state index in [1.54, 1.807) is 30.1 Å². The van der Waals surface area contributed by atoms with Gasteiger partial charge in [0.1, 0.15) is 6.54 Å². The Morgan fingerprint density at radius 2 is 1.77 bits per heavy atom. The normalized spacial score (nSPS) is 19.8. The van der Waals surface area contributed by atoms with Gasteiger partial charge < -0.3 is 9.80 Å². The van der Waals surface area contributed by atoms with Crippen molar-refractivity contribution in [2.75, 3.05) is 31.6 Å². The molecule has 188 valence electrons. The van der Waals surface area contributed by atoms with Gasteiger partial charge in [0, 0.05) is 43.2 Å². The summed E-state index contributed by atoms with van der Waals surface area (Å²) in [7, 11) is -1.96. The van der Waals surface area contributed by atoms with Crippen molar-refractivity contribution in [3.05, 3.63) is 54.1 Å². The molecule has 1 unspecified atom stereocenters. The van der Waals surface area contributed by atoms with E-state index in [2.05, 4.69) is 6.92 Å². The van der Waals surface area contributed by atoms with Crippen molar-refractivity contribution in [3.63, 3.8) is 0 Å². The fourth-order valence-electron chi connectivity index (χ4n) is 4.47. The second-order valence-corrected chi connectivity index (χ2v) is 13.0. The van der Waals surface area contributed by atoms with Crippen molar-refractivity contribution in [2.24, 2.45) is 5.92 Å². The molecule has 2 aliphatic heterocycles. The van der Waals surface area contributed by atoms with E-state index in [0.29, 0.717) is 31.2 Å². The molecule has 0 spiro atoms. The van der Waals surface area contributed by atoms with Crippen molar-refractivity contribution in [2.45, 2.75) is 54.7 Å². The van der Waals surface area contributed by atoms with E-state index >= 15 is 0 Å². The number of benzene rings is 2. The minimum atomic E-state index is -3.68. The van der Waals surface area contributed by atoms with Gasteiger partial charge >= 0.3 is 0 Å². The first-order valence-corrected chi connectivity index (χ1v) is 14.4. The van der Waals surface area contributed by atoms with Crippen molar-refractivity contribution in [1.29, 1.82) is 0 Å². The molecule has 0 radical (unpaired) electrons. The summed E-state index contributed by atoms with van der Waals surface area (Å²) in [6.07, 6.45) is 1.95. The van der Waals surface area contributed by atoms with Gasteiger partial charge in [0.2, 0.25) is 21.8 Å². The Bertz CT molecular complexity index is 1180. The number of hydrogen-bond acceptors (Lipinski definition) is 5. The summed E-state index contributed by atoms with van der Waals surface area (Å²) in [5.41, 5.74) is 1.50. The van der Waals surface area contributed by atoms with Crippen LogP contribution in [0.2, 0.25) is 0 Å². The smallest absolute Gasteiger partial charge is 0.243 e. The van der Waals surface area contributed by atoms with Crippen molar-refractivity contribution < 1.29 is 18.0 Å². The van der Waals surface area contributed by atoms with E-state index < -0.39 is 10.0 Å². The van der Waals surface area contributed by atoms with Gasteiger partial charge in [-0.15, -0.1) is 11.8 Å². The zero-order chi connectivity index (χ0) is 25.2. The standard InChI is InChI=1S/C26H33N3O4S2/c1-19-11-13-28(14-12-19)35(32,33)22-9-10-24-23(16-22)29(25(30)15-20(2)34-24)18-26(31)27(3)17-21-7-5-4-6-8-21/h4-10,16,19-20H,11-15,17-18H2,1-3H3. The van der Waals surface area contributed by atoms with Crippen LogP contribution in [-0.4, -0.2) is 61.4 Å². The molecule has 0 aromatic heterocycles. The van der Waals surface area contributed by atoms with Crippen LogP contribution in [0.25, 0.3) is 0 Å². The minimum Gasteiger partial charge on any atom is -0.340 e. The largest absolute Gasteiger partial charge is 0.340 e. The molecule has 0 aliphatic carbocycles. The van der Waals surface area contributed by atoms with Crippen LogP contribution in [0.15, 0.2) is 58.3 Å². The zero-order valence-corrected chi connectivity index (χ0v) is 22.1. The third kappa shape index (κ3) is 5.90. The van der Waals surface area contributed by atoms with E-state index in [4.69, 9.17) is 0 Å². The van der Waals surface area contributed by atoms with E-state index in [1.165, 1.54) is 21.0 Å². The molecule has 0 N–H and O–H groups in total. The fourth-order valence-corrected chi connectivity index (χ4v) is 7.05. The van der Waals surface area contributed by atoms with Crippen LogP contribution < -0.4 is 4.90 Å². The Balaban J connectivity index is 1.61. The molecule has 1 fully saturated rings. The van der Waals surface area contributed by atoms with Crippen LogP contribution in [0.3, 0.4) is 0 Å². The fraction of sp³-hybridized carbons (Fsp3) is 0.462. The van der Waals surface area contributed by atoms with E-state index in [1.807, 2.05) is 37.3 Å². The summed E-state index contributed by atoms with van der Waals surface area (Å²) in [6.45, 7) is 5.41. The average molecular weight is 516 g/mol. The molecule has 2 aliphatic rings. The highest BCUT2D eigenvalue weighted by atomic mass is 32.2. The van der Waals surface area contributed by atoms with Crippen LogP contribution in [0.4, 0.5) is 5.69 Å². The van der Waals surface area contributed by atoms with Gasteiger partial charge in [-0.1, -0.05) is 44.2 Å². The highest BCUT2D eigenvalue weighted by Crippen LogP contribution is 2.40. The predicted molar refractivity (Wildman–Crippen MR) is 139 cm³/mol. The number of anilines is 1. The van der Waals surface area contributed by atoms with Gasteiger partial charge in [-0.05, 0) is 42.5 Å². The lowest BCUT2D eigenvalue weighted by molar-refractivity contribution is -0.130. The summed E-state index contributed by atoms with van der Waals surface area (Å²) in [5, 5.41) is 0.0226. The number of rotatable bonds is 6. The number of piperidine rings is 1. The summed E-state index contributed by atoms with van der Waals surface area (Å²) < 4.78 is 28.3. The summed E-state index contributed by atoms with van der Waals surface area (Å²) in [4.78, 5) is 30.4. The minimum absolute atomic E-state index is 0.0226. The molecule has 2 amide bonds. The van der Waals surface area contributed by atoms with Gasteiger partial charge in [-0.2, -0.15) is 4.31 Å². The molecule has 2 aromatic carbocycles. The Morgan fingerprint density at radius 3 is 2.46 bits per heavy atom. The SMILES string of the molecule is CC1CCN(S(=O)(=O)c2ccc3c(c2)N(CC(=O)N(C)Cc2ccccc2)C(=O)CC(C)S3)CC1. The van der Waals surface area contributed by atoms with Crippen molar-refractivity contribution >= 4 is 39.3 Å². The second kappa shape index (κ2) is 10.7. The Hall–Kier alpha value is -2.36. The Morgan fingerprint density at radius 1 is 1.09 bits per heavy atom. The Labute approximate surface area is 212 Å². The molecule has 9 heteroatoms. The Kier molecular flexibility index (Phi) is 7.88. The molecule has 35 heavy (non-hydrogen) atoms. The monoisotopic (exact) mass is 515 g/mol. The number of thioether (sulfide) groups is 1. The van der Waals surface area contributed by atoms with Crippen LogP contribution in [0, 0.1) is 5.92 Å². The summed E-state index contributed by atoms with van der Waals surface area (Å²) in [6, 6.07) is 14.7. The molecule has 1 saturated heterocycles. The van der Waals surface area contributed by atoms with E-state index in [9.17, 15) is 18.0 Å². The number of fused-ring (bicyclic) bond motifs is 1.